The van der Waals surface area contributed by atoms with Gasteiger partial charge in [0.15, 0.2) is 6.61 Å². The van der Waals surface area contributed by atoms with Crippen molar-refractivity contribution in [2.75, 3.05) is 19.7 Å². The number of hydrogen-bond acceptors (Lipinski definition) is 4. The molecule has 0 unspecified atom stereocenters. The summed E-state index contributed by atoms with van der Waals surface area (Å²) in [5, 5.41) is 4.92. The van der Waals surface area contributed by atoms with E-state index in [0.29, 0.717) is 12.5 Å². The molecule has 0 aliphatic heterocycles. The van der Waals surface area contributed by atoms with Crippen molar-refractivity contribution < 1.29 is 23.5 Å². The fourth-order valence-corrected chi connectivity index (χ4v) is 1.63. The molecule has 0 saturated heterocycles. The molecule has 0 fully saturated rings. The summed E-state index contributed by atoms with van der Waals surface area (Å²) in [6.45, 7) is 3.80. The van der Waals surface area contributed by atoms with E-state index in [4.69, 9.17) is 4.74 Å². The van der Waals surface area contributed by atoms with Gasteiger partial charge in [0.1, 0.15) is 12.4 Å². The van der Waals surface area contributed by atoms with Crippen molar-refractivity contribution >= 4 is 17.8 Å². The van der Waals surface area contributed by atoms with Gasteiger partial charge in [0, 0.05) is 12.1 Å². The summed E-state index contributed by atoms with van der Waals surface area (Å²) in [5.41, 5.74) is 0.101. The zero-order valence-electron chi connectivity index (χ0n) is 13.2. The fourth-order valence-electron chi connectivity index (χ4n) is 1.63. The number of carbonyl (C=O) groups excluding carboxylic acids is 3. The van der Waals surface area contributed by atoms with Crippen LogP contribution in [0.4, 0.5) is 4.39 Å². The summed E-state index contributed by atoms with van der Waals surface area (Å²) in [6.07, 6.45) is 0.837. The lowest BCUT2D eigenvalue weighted by Gasteiger charge is -2.08. The number of hydrogen-bond donors (Lipinski definition) is 2. The van der Waals surface area contributed by atoms with Crippen molar-refractivity contribution in [3.8, 4) is 0 Å². The molecule has 1 rings (SSSR count). The highest BCUT2D eigenvalue weighted by Gasteiger charge is 2.11. The smallest absolute Gasteiger partial charge is 0.325 e. The highest BCUT2D eigenvalue weighted by molar-refractivity contribution is 5.96. The molecule has 1 aromatic rings. The Bertz CT molecular complexity index is 561. The summed E-state index contributed by atoms with van der Waals surface area (Å²) in [5.74, 6) is -1.80. The van der Waals surface area contributed by atoms with E-state index in [-0.39, 0.29) is 5.56 Å². The molecule has 6 nitrogen and oxygen atoms in total. The van der Waals surface area contributed by atoms with E-state index in [9.17, 15) is 18.8 Å². The van der Waals surface area contributed by atoms with Crippen molar-refractivity contribution in [3.63, 3.8) is 0 Å². The van der Waals surface area contributed by atoms with Gasteiger partial charge in [0.2, 0.25) is 0 Å². The predicted octanol–water partition coefficient (Wildman–Crippen LogP) is 1.26. The van der Waals surface area contributed by atoms with Gasteiger partial charge in [-0.05, 0) is 30.5 Å². The normalized spacial score (nSPS) is 10.3. The molecule has 0 aliphatic carbocycles. The van der Waals surface area contributed by atoms with E-state index in [0.717, 1.165) is 12.5 Å². The molecule has 2 N–H and O–H groups in total. The molecule has 0 spiro atoms. The average molecular weight is 324 g/mol. The zero-order valence-corrected chi connectivity index (χ0v) is 13.2. The molecule has 0 saturated carbocycles. The first-order valence-electron chi connectivity index (χ1n) is 7.34. The van der Waals surface area contributed by atoms with Crippen LogP contribution in [-0.2, 0) is 14.3 Å². The predicted molar refractivity (Wildman–Crippen MR) is 82.2 cm³/mol. The molecule has 0 radical (unpaired) electrons. The Morgan fingerprint density at radius 1 is 1.22 bits per heavy atom. The number of nitrogens with one attached hydrogen (secondary N) is 2. The molecular weight excluding hydrogens is 303 g/mol. The van der Waals surface area contributed by atoms with Crippen LogP contribution in [0.5, 0.6) is 0 Å². The van der Waals surface area contributed by atoms with Gasteiger partial charge in [0.05, 0.1) is 0 Å². The number of rotatable bonds is 8. The first-order chi connectivity index (χ1) is 10.9. The molecule has 0 bridgehead atoms. The van der Waals surface area contributed by atoms with E-state index < -0.39 is 36.8 Å². The summed E-state index contributed by atoms with van der Waals surface area (Å²) in [4.78, 5) is 34.5. The summed E-state index contributed by atoms with van der Waals surface area (Å²) in [7, 11) is 0. The quantitative estimate of drug-likeness (QED) is 0.705. The van der Waals surface area contributed by atoms with E-state index in [1.807, 2.05) is 13.8 Å². The molecular formula is C16H21FN2O4. The summed E-state index contributed by atoms with van der Waals surface area (Å²) >= 11 is 0. The Balaban J connectivity index is 2.24. The van der Waals surface area contributed by atoms with Crippen LogP contribution in [0.3, 0.4) is 0 Å². The van der Waals surface area contributed by atoms with Crippen LogP contribution in [0.15, 0.2) is 24.3 Å². The second-order valence-electron chi connectivity index (χ2n) is 5.39. The number of carbonyl (C=O) groups is 3. The van der Waals surface area contributed by atoms with Crippen LogP contribution >= 0.6 is 0 Å². The Morgan fingerprint density at radius 3 is 2.61 bits per heavy atom. The van der Waals surface area contributed by atoms with Crippen molar-refractivity contribution in [1.82, 2.24) is 10.6 Å². The first kappa shape index (κ1) is 18.6. The minimum Gasteiger partial charge on any atom is -0.454 e. The molecule has 0 heterocycles. The minimum atomic E-state index is -0.742. The van der Waals surface area contributed by atoms with Gasteiger partial charge < -0.3 is 15.4 Å². The van der Waals surface area contributed by atoms with Gasteiger partial charge in [-0.15, -0.1) is 0 Å². The Morgan fingerprint density at radius 2 is 1.96 bits per heavy atom. The maximum atomic E-state index is 13.0. The van der Waals surface area contributed by atoms with Crippen LogP contribution < -0.4 is 10.6 Å². The Labute approximate surface area is 134 Å². The lowest BCUT2D eigenvalue weighted by Crippen LogP contribution is -2.34. The van der Waals surface area contributed by atoms with Crippen LogP contribution in [-0.4, -0.2) is 37.5 Å². The van der Waals surface area contributed by atoms with Crippen LogP contribution in [0, 0.1) is 11.7 Å². The van der Waals surface area contributed by atoms with Crippen LogP contribution in [0.25, 0.3) is 0 Å². The SMILES string of the molecule is CC(C)CCNC(=O)COC(=O)CNC(=O)c1cccc(F)c1. The van der Waals surface area contributed by atoms with Crippen molar-refractivity contribution in [1.29, 1.82) is 0 Å². The van der Waals surface area contributed by atoms with Crippen LogP contribution in [0.1, 0.15) is 30.6 Å². The van der Waals surface area contributed by atoms with Gasteiger partial charge in [-0.2, -0.15) is 0 Å². The third-order valence-electron chi connectivity index (χ3n) is 2.89. The fraction of sp³-hybridized carbons (Fsp3) is 0.438. The van der Waals surface area contributed by atoms with Gasteiger partial charge in [-0.25, -0.2) is 4.39 Å². The average Bonchev–Trinajstić information content (AvgIpc) is 2.50. The highest BCUT2D eigenvalue weighted by atomic mass is 19.1. The summed E-state index contributed by atoms with van der Waals surface area (Å²) in [6, 6.07) is 5.09. The second kappa shape index (κ2) is 9.55. The van der Waals surface area contributed by atoms with Gasteiger partial charge >= 0.3 is 5.97 Å². The number of esters is 1. The molecule has 0 aromatic heterocycles. The lowest BCUT2D eigenvalue weighted by molar-refractivity contribution is -0.147. The topological polar surface area (TPSA) is 84.5 Å². The number of benzene rings is 1. The number of halogens is 1. The Hall–Kier alpha value is -2.44. The first-order valence-corrected chi connectivity index (χ1v) is 7.34. The molecule has 7 heteroatoms. The highest BCUT2D eigenvalue weighted by Crippen LogP contribution is 2.02. The van der Waals surface area contributed by atoms with Gasteiger partial charge in [0.25, 0.3) is 11.8 Å². The zero-order chi connectivity index (χ0) is 17.2. The van der Waals surface area contributed by atoms with Gasteiger partial charge in [-0.1, -0.05) is 19.9 Å². The van der Waals surface area contributed by atoms with E-state index in [2.05, 4.69) is 10.6 Å². The maximum absolute atomic E-state index is 13.0. The van der Waals surface area contributed by atoms with E-state index >= 15 is 0 Å². The molecule has 23 heavy (non-hydrogen) atoms. The molecule has 126 valence electrons. The minimum absolute atomic E-state index is 0.101. The molecule has 2 amide bonds. The number of amides is 2. The number of ether oxygens (including phenoxy) is 1. The van der Waals surface area contributed by atoms with Crippen molar-refractivity contribution in [2.45, 2.75) is 20.3 Å². The lowest BCUT2D eigenvalue weighted by atomic mass is 10.1. The standard InChI is InChI=1S/C16H21FN2O4/c1-11(2)6-7-18-14(20)10-23-15(21)9-19-16(22)12-4-3-5-13(17)8-12/h3-5,8,11H,6-7,9-10H2,1-2H3,(H,18,20)(H,19,22). The Kier molecular flexibility index (Phi) is 7.73. The molecule has 0 aliphatic rings. The van der Waals surface area contributed by atoms with Crippen molar-refractivity contribution in [2.24, 2.45) is 5.92 Å². The third-order valence-corrected chi connectivity index (χ3v) is 2.89. The van der Waals surface area contributed by atoms with E-state index in [1.54, 1.807) is 0 Å². The van der Waals surface area contributed by atoms with E-state index in [1.165, 1.54) is 18.2 Å². The van der Waals surface area contributed by atoms with Crippen LogP contribution in [0.2, 0.25) is 0 Å². The van der Waals surface area contributed by atoms with Crippen molar-refractivity contribution in [3.05, 3.63) is 35.6 Å². The largest absolute Gasteiger partial charge is 0.454 e. The summed E-state index contributed by atoms with van der Waals surface area (Å²) < 4.78 is 17.7. The van der Waals surface area contributed by atoms with Gasteiger partial charge in [-0.3, -0.25) is 14.4 Å². The maximum Gasteiger partial charge on any atom is 0.325 e. The molecule has 1 aromatic carbocycles. The second-order valence-corrected chi connectivity index (χ2v) is 5.39. The third kappa shape index (κ3) is 7.94. The monoisotopic (exact) mass is 324 g/mol. The molecule has 0 atom stereocenters.